The van der Waals surface area contributed by atoms with Crippen molar-refractivity contribution in [1.29, 1.82) is 0 Å². The van der Waals surface area contributed by atoms with Crippen LogP contribution >= 0.6 is 0 Å². The van der Waals surface area contributed by atoms with Gasteiger partial charge in [0.25, 0.3) is 5.91 Å². The summed E-state index contributed by atoms with van der Waals surface area (Å²) in [5.74, 6) is 2.21. The lowest BCUT2D eigenvalue weighted by atomic mass is 10.1. The SMILES string of the molecule is C#CCC(CC)NC(=O)c1ccc(=O)oc1. The smallest absolute Gasteiger partial charge is 0.335 e. The van der Waals surface area contributed by atoms with Crippen LogP contribution in [0.4, 0.5) is 0 Å². The number of terminal acetylenes is 1. The Morgan fingerprint density at radius 3 is 2.88 bits per heavy atom. The highest BCUT2D eigenvalue weighted by Crippen LogP contribution is 2.00. The van der Waals surface area contributed by atoms with Gasteiger partial charge in [0.15, 0.2) is 0 Å². The third kappa shape index (κ3) is 3.28. The molecule has 1 atom stereocenters. The Morgan fingerprint density at radius 1 is 1.62 bits per heavy atom. The molecular weight excluding hydrogens is 206 g/mol. The van der Waals surface area contributed by atoms with Gasteiger partial charge in [-0.15, -0.1) is 12.3 Å². The van der Waals surface area contributed by atoms with E-state index in [0.29, 0.717) is 12.0 Å². The first-order valence-electron chi connectivity index (χ1n) is 5.00. The number of hydrogen-bond acceptors (Lipinski definition) is 3. The van der Waals surface area contributed by atoms with Gasteiger partial charge in [-0.3, -0.25) is 4.79 Å². The van der Waals surface area contributed by atoms with Gasteiger partial charge in [-0.25, -0.2) is 4.79 Å². The number of hydrogen-bond donors (Lipinski definition) is 1. The fourth-order valence-electron chi connectivity index (χ4n) is 1.20. The van der Waals surface area contributed by atoms with Crippen molar-refractivity contribution in [1.82, 2.24) is 5.32 Å². The molecule has 0 spiro atoms. The van der Waals surface area contributed by atoms with Crippen molar-refractivity contribution in [2.75, 3.05) is 0 Å². The summed E-state index contributed by atoms with van der Waals surface area (Å²) in [7, 11) is 0. The van der Waals surface area contributed by atoms with Crippen molar-refractivity contribution >= 4 is 5.91 Å². The summed E-state index contributed by atoms with van der Waals surface area (Å²) < 4.78 is 4.60. The molecule has 0 saturated carbocycles. The van der Waals surface area contributed by atoms with Crippen LogP contribution in [0, 0.1) is 12.3 Å². The molecule has 4 nitrogen and oxygen atoms in total. The summed E-state index contributed by atoms with van der Waals surface area (Å²) in [5.41, 5.74) is -0.165. The van der Waals surface area contributed by atoms with Crippen molar-refractivity contribution in [3.8, 4) is 12.3 Å². The first kappa shape index (κ1) is 12.1. The van der Waals surface area contributed by atoms with Gasteiger partial charge in [0, 0.05) is 18.5 Å². The van der Waals surface area contributed by atoms with Crippen LogP contribution in [0.15, 0.2) is 27.6 Å². The van der Waals surface area contributed by atoms with E-state index in [0.717, 1.165) is 12.7 Å². The molecule has 1 rings (SSSR count). The molecule has 0 bridgehead atoms. The molecule has 84 valence electrons. The molecule has 0 fully saturated rings. The van der Waals surface area contributed by atoms with Crippen LogP contribution in [-0.2, 0) is 0 Å². The lowest BCUT2D eigenvalue weighted by Crippen LogP contribution is -2.34. The van der Waals surface area contributed by atoms with Gasteiger partial charge < -0.3 is 9.73 Å². The summed E-state index contributed by atoms with van der Waals surface area (Å²) in [4.78, 5) is 22.4. The van der Waals surface area contributed by atoms with Crippen LogP contribution in [0.25, 0.3) is 0 Å². The monoisotopic (exact) mass is 219 g/mol. The van der Waals surface area contributed by atoms with Crippen molar-refractivity contribution < 1.29 is 9.21 Å². The molecule has 1 aromatic rings. The molecule has 0 radical (unpaired) electrons. The zero-order valence-corrected chi connectivity index (χ0v) is 9.03. The Kier molecular flexibility index (Phi) is 4.34. The summed E-state index contributed by atoms with van der Waals surface area (Å²) in [5, 5.41) is 2.76. The Hall–Kier alpha value is -2.02. The minimum Gasteiger partial charge on any atom is -0.430 e. The second kappa shape index (κ2) is 5.76. The van der Waals surface area contributed by atoms with Gasteiger partial charge in [0.05, 0.1) is 5.56 Å². The zero-order valence-electron chi connectivity index (χ0n) is 9.03. The third-order valence-corrected chi connectivity index (χ3v) is 2.16. The van der Waals surface area contributed by atoms with Gasteiger partial charge in [-0.05, 0) is 12.5 Å². The van der Waals surface area contributed by atoms with Gasteiger partial charge in [0.2, 0.25) is 0 Å². The van der Waals surface area contributed by atoms with E-state index in [1.165, 1.54) is 12.1 Å². The number of carbonyl (C=O) groups excluding carboxylic acids is 1. The number of rotatable bonds is 4. The molecule has 0 saturated heterocycles. The molecule has 0 aliphatic rings. The second-order valence-corrected chi connectivity index (χ2v) is 3.33. The average Bonchev–Trinajstić information content (AvgIpc) is 2.29. The summed E-state index contributed by atoms with van der Waals surface area (Å²) in [6, 6.07) is 2.57. The number of nitrogens with one attached hydrogen (secondary N) is 1. The lowest BCUT2D eigenvalue weighted by Gasteiger charge is -2.13. The van der Waals surface area contributed by atoms with E-state index in [-0.39, 0.29) is 11.9 Å². The van der Waals surface area contributed by atoms with E-state index >= 15 is 0 Å². The van der Waals surface area contributed by atoms with Gasteiger partial charge in [-0.2, -0.15) is 0 Å². The topological polar surface area (TPSA) is 59.3 Å². The fourth-order valence-corrected chi connectivity index (χ4v) is 1.20. The van der Waals surface area contributed by atoms with Crippen LogP contribution in [-0.4, -0.2) is 11.9 Å². The predicted molar refractivity (Wildman–Crippen MR) is 60.0 cm³/mol. The van der Waals surface area contributed by atoms with Gasteiger partial charge in [0.1, 0.15) is 6.26 Å². The van der Waals surface area contributed by atoms with Crippen molar-refractivity contribution in [2.45, 2.75) is 25.8 Å². The minimum atomic E-state index is -0.479. The molecule has 1 N–H and O–H groups in total. The number of amides is 1. The van der Waals surface area contributed by atoms with Crippen LogP contribution < -0.4 is 10.9 Å². The van der Waals surface area contributed by atoms with Gasteiger partial charge >= 0.3 is 5.63 Å². The molecule has 0 aliphatic heterocycles. The second-order valence-electron chi connectivity index (χ2n) is 3.33. The summed E-state index contributed by atoms with van der Waals surface area (Å²) in [6.07, 6.45) is 7.56. The summed E-state index contributed by atoms with van der Waals surface area (Å²) >= 11 is 0. The van der Waals surface area contributed by atoms with Crippen LogP contribution in [0.5, 0.6) is 0 Å². The standard InChI is InChI=1S/C12H13NO3/c1-3-5-10(4-2)13-12(15)9-6-7-11(14)16-8-9/h1,6-8,10H,4-5H2,2H3,(H,13,15). The van der Waals surface area contributed by atoms with Crippen molar-refractivity contribution in [2.24, 2.45) is 0 Å². The maximum Gasteiger partial charge on any atom is 0.335 e. The lowest BCUT2D eigenvalue weighted by molar-refractivity contribution is 0.0934. The zero-order chi connectivity index (χ0) is 12.0. The van der Waals surface area contributed by atoms with Crippen LogP contribution in [0.1, 0.15) is 30.1 Å². The van der Waals surface area contributed by atoms with E-state index in [4.69, 9.17) is 6.42 Å². The minimum absolute atomic E-state index is 0.0515. The van der Waals surface area contributed by atoms with E-state index in [9.17, 15) is 9.59 Å². The van der Waals surface area contributed by atoms with E-state index in [1.54, 1.807) is 0 Å². The van der Waals surface area contributed by atoms with E-state index < -0.39 is 5.63 Å². The first-order chi connectivity index (χ1) is 7.67. The molecule has 1 heterocycles. The molecule has 0 aliphatic carbocycles. The third-order valence-electron chi connectivity index (χ3n) is 2.16. The molecule has 4 heteroatoms. The Bertz CT molecular complexity index is 436. The average molecular weight is 219 g/mol. The normalized spacial score (nSPS) is 11.5. The number of carbonyl (C=O) groups is 1. The van der Waals surface area contributed by atoms with Crippen molar-refractivity contribution in [3.05, 3.63) is 34.4 Å². The maximum atomic E-state index is 11.7. The molecule has 1 amide bonds. The molecular formula is C12H13NO3. The van der Waals surface area contributed by atoms with E-state index in [1.807, 2.05) is 6.92 Å². The Morgan fingerprint density at radius 2 is 2.38 bits per heavy atom. The van der Waals surface area contributed by atoms with E-state index in [2.05, 4.69) is 15.7 Å². The Balaban J connectivity index is 2.68. The quantitative estimate of drug-likeness (QED) is 0.773. The molecule has 0 aromatic carbocycles. The van der Waals surface area contributed by atoms with Crippen molar-refractivity contribution in [3.63, 3.8) is 0 Å². The van der Waals surface area contributed by atoms with Gasteiger partial charge in [-0.1, -0.05) is 6.92 Å². The molecule has 1 unspecified atom stereocenters. The highest BCUT2D eigenvalue weighted by Gasteiger charge is 2.11. The highest BCUT2D eigenvalue weighted by molar-refractivity contribution is 5.93. The predicted octanol–water partition coefficient (Wildman–Crippen LogP) is 1.17. The Labute approximate surface area is 93.7 Å². The largest absolute Gasteiger partial charge is 0.430 e. The van der Waals surface area contributed by atoms with Crippen LogP contribution in [0.2, 0.25) is 0 Å². The summed E-state index contributed by atoms with van der Waals surface area (Å²) in [6.45, 7) is 1.94. The fraction of sp³-hybridized carbons (Fsp3) is 0.333. The molecule has 16 heavy (non-hydrogen) atoms. The first-order valence-corrected chi connectivity index (χ1v) is 5.00. The maximum absolute atomic E-state index is 11.7. The molecule has 1 aromatic heterocycles. The van der Waals surface area contributed by atoms with Crippen LogP contribution in [0.3, 0.4) is 0 Å². The highest BCUT2D eigenvalue weighted by atomic mass is 16.4.